The molecule has 0 aromatic heterocycles. The number of esters is 2. The van der Waals surface area contributed by atoms with Crippen molar-refractivity contribution in [1.82, 2.24) is 0 Å². The second kappa shape index (κ2) is 80.3. The quantitative estimate of drug-likeness (QED) is 0.0195. The van der Waals surface area contributed by atoms with E-state index in [0.29, 0.717) is 17.4 Å². The van der Waals surface area contributed by atoms with Crippen LogP contribution in [0.25, 0.3) is 0 Å². The lowest BCUT2D eigenvalue weighted by atomic mass is 10.0. The Morgan fingerprint density at radius 1 is 0.297 bits per heavy atom. The smallest absolute Gasteiger partial charge is 0.306 e. The minimum atomic E-state index is -1.63. The molecule has 0 fully saturated rings. The molecule has 2 atom stereocenters. The van der Waals surface area contributed by atoms with Crippen molar-refractivity contribution < 1.29 is 42.9 Å². The van der Waals surface area contributed by atoms with Gasteiger partial charge in [0.15, 0.2) is 12.4 Å². The van der Waals surface area contributed by atoms with Gasteiger partial charge in [0.1, 0.15) is 13.2 Å². The fraction of sp³-hybridized carbons (Fsp3) is 0.663. The lowest BCUT2D eigenvalue weighted by molar-refractivity contribution is -0.870. The van der Waals surface area contributed by atoms with Crippen molar-refractivity contribution in [3.8, 4) is 0 Å². The van der Waals surface area contributed by atoms with E-state index in [-0.39, 0.29) is 38.6 Å². The van der Waals surface area contributed by atoms with Gasteiger partial charge in [0, 0.05) is 12.8 Å². The number of rotatable bonds is 75. The van der Waals surface area contributed by atoms with E-state index >= 15 is 0 Å². The van der Waals surface area contributed by atoms with Gasteiger partial charge in [0.05, 0.1) is 40.3 Å². The molecule has 0 rings (SSSR count). The molecule has 0 amide bonds. The monoisotopic (exact) mass is 1400 g/mol. The summed E-state index contributed by atoms with van der Waals surface area (Å²) in [4.78, 5) is 37.7. The largest absolute Gasteiger partial charge is 0.545 e. The zero-order valence-electron chi connectivity index (χ0n) is 65.7. The van der Waals surface area contributed by atoms with Crippen molar-refractivity contribution in [3.63, 3.8) is 0 Å². The van der Waals surface area contributed by atoms with Crippen LogP contribution in [0.2, 0.25) is 0 Å². The van der Waals surface area contributed by atoms with Crippen LogP contribution in [0.3, 0.4) is 0 Å². The maximum Gasteiger partial charge on any atom is 0.306 e. The second-order valence-electron chi connectivity index (χ2n) is 28.3. The van der Waals surface area contributed by atoms with E-state index in [0.717, 1.165) is 128 Å². The highest BCUT2D eigenvalue weighted by atomic mass is 16.7. The number of ether oxygens (including phenoxy) is 4. The van der Waals surface area contributed by atoms with E-state index < -0.39 is 24.3 Å². The summed E-state index contributed by atoms with van der Waals surface area (Å²) in [6, 6.07) is 0. The molecule has 0 aliphatic heterocycles. The van der Waals surface area contributed by atoms with Crippen LogP contribution in [0.5, 0.6) is 0 Å². The van der Waals surface area contributed by atoms with Crippen molar-refractivity contribution in [1.29, 1.82) is 0 Å². The van der Waals surface area contributed by atoms with Crippen molar-refractivity contribution >= 4 is 17.9 Å². The van der Waals surface area contributed by atoms with Gasteiger partial charge in [-0.2, -0.15) is 0 Å². The Morgan fingerprint density at radius 2 is 0.535 bits per heavy atom. The molecule has 0 aromatic rings. The summed E-state index contributed by atoms with van der Waals surface area (Å²) in [7, 11) is 5.94. The van der Waals surface area contributed by atoms with Gasteiger partial charge in [-0.05, 0) is 128 Å². The SMILES string of the molecule is CC/C=C\C/C=C\C/C=C\C/C=C\C/C=C\C/C=C\C/C=C\CCCCCCCCCCCCCCCCCCCCCC(=O)OC(COC(=O)CCCCCCCCCCCCCCC/C=C\C/C=C\C/C=C\C/C=C\C/C=C\C/C=C\C/C=C\CC)COC(OCC[N+](C)(C)C)C(=O)[O-]. The van der Waals surface area contributed by atoms with E-state index in [4.69, 9.17) is 18.9 Å². The summed E-state index contributed by atoms with van der Waals surface area (Å²) < 4.78 is 22.9. The van der Waals surface area contributed by atoms with Gasteiger partial charge in [0.2, 0.25) is 0 Å². The highest BCUT2D eigenvalue weighted by molar-refractivity contribution is 5.70. The number of nitrogens with zero attached hydrogens (tertiary/aromatic N) is 1. The van der Waals surface area contributed by atoms with Gasteiger partial charge in [0.25, 0.3) is 0 Å². The Hall–Kier alpha value is -5.35. The Bertz CT molecular complexity index is 2280. The molecule has 0 saturated heterocycles. The zero-order valence-corrected chi connectivity index (χ0v) is 65.7. The molecule has 0 saturated carbocycles. The Kier molecular flexibility index (Phi) is 76.1. The van der Waals surface area contributed by atoms with Gasteiger partial charge in [-0.25, -0.2) is 0 Å². The second-order valence-corrected chi connectivity index (χ2v) is 28.3. The number of aliphatic carboxylic acids is 1. The van der Waals surface area contributed by atoms with Crippen LogP contribution in [-0.2, 0) is 33.3 Å². The predicted octanol–water partition coefficient (Wildman–Crippen LogP) is 25.6. The summed E-state index contributed by atoms with van der Waals surface area (Å²) in [5, 5.41) is 11.9. The molecule has 0 N–H and O–H groups in total. The molecule has 9 heteroatoms. The van der Waals surface area contributed by atoms with Crippen LogP contribution in [0.15, 0.2) is 170 Å². The fourth-order valence-electron chi connectivity index (χ4n) is 11.3. The molecule has 574 valence electrons. The van der Waals surface area contributed by atoms with E-state index in [2.05, 4.69) is 184 Å². The fourth-order valence-corrected chi connectivity index (χ4v) is 11.3. The van der Waals surface area contributed by atoms with Crippen LogP contribution in [0.1, 0.15) is 335 Å². The van der Waals surface area contributed by atoms with Crippen molar-refractivity contribution in [3.05, 3.63) is 170 Å². The highest BCUT2D eigenvalue weighted by Crippen LogP contribution is 2.18. The minimum Gasteiger partial charge on any atom is -0.545 e. The van der Waals surface area contributed by atoms with Crippen LogP contribution < -0.4 is 5.11 Å². The number of carbonyl (C=O) groups excluding carboxylic acids is 3. The number of hydrogen-bond donors (Lipinski definition) is 0. The van der Waals surface area contributed by atoms with E-state index in [9.17, 15) is 19.5 Å². The molecule has 0 aliphatic rings. The molecular weight excluding hydrogens is 1250 g/mol. The van der Waals surface area contributed by atoms with Crippen molar-refractivity contribution in [2.24, 2.45) is 0 Å². The van der Waals surface area contributed by atoms with E-state index in [1.165, 1.54) is 173 Å². The lowest BCUT2D eigenvalue weighted by Gasteiger charge is -2.26. The lowest BCUT2D eigenvalue weighted by Crippen LogP contribution is -2.44. The van der Waals surface area contributed by atoms with Gasteiger partial charge < -0.3 is 33.3 Å². The minimum absolute atomic E-state index is 0.143. The molecule has 9 nitrogen and oxygen atoms in total. The summed E-state index contributed by atoms with van der Waals surface area (Å²) in [6.07, 6.45) is 118. The van der Waals surface area contributed by atoms with Crippen LogP contribution >= 0.6 is 0 Å². The highest BCUT2D eigenvalue weighted by Gasteiger charge is 2.22. The third kappa shape index (κ3) is 81.8. The maximum absolute atomic E-state index is 13.0. The number of carbonyl (C=O) groups is 3. The average Bonchev–Trinajstić information content (AvgIpc) is 1.21. The average molecular weight is 1400 g/mol. The first kappa shape index (κ1) is 95.6. The number of hydrogen-bond acceptors (Lipinski definition) is 8. The summed E-state index contributed by atoms with van der Waals surface area (Å²) in [5.41, 5.74) is 0. The van der Waals surface area contributed by atoms with Gasteiger partial charge in [-0.3, -0.25) is 9.59 Å². The maximum atomic E-state index is 13.0. The molecule has 0 bridgehead atoms. The Balaban J connectivity index is 4.04. The summed E-state index contributed by atoms with van der Waals surface area (Å²) in [5.74, 6) is -2.28. The Labute approximate surface area is 622 Å². The molecule has 0 heterocycles. The topological polar surface area (TPSA) is 111 Å². The standard InChI is InChI=1S/C92H153NO8/c1-6-8-10-12-14-16-18-20-22-24-26-28-30-32-34-36-38-40-42-43-44-45-46-47-49-51-53-55-57-59-61-63-65-67-69-71-73-75-77-79-81-83-90(95)101-88(87-100-92(91(96)97)98-85-84-93(3,4)5)86-99-89(94)82-80-78-76-74-72-70-68-66-64-62-60-58-56-54-52-50-48-41-39-37-35-33-31-29-27-25-23-21-19-17-15-13-11-9-7-2/h8-11,14-17,20-23,26-29,32-35,38-41,43-44,50,52,88,92H,6-7,12-13,18-19,24-25,30-31,36-37,42,45-49,51,53-87H2,1-5H3/b10-8-,11-9-,16-14-,17-15-,22-20-,23-21-,28-26-,29-27-,34-32-,35-33-,40-38-,41-39-,44-43-,52-50-. The first-order valence-electron chi connectivity index (χ1n) is 41.3. The zero-order chi connectivity index (χ0) is 73.2. The number of likely N-dealkylation sites (N-methyl/N-ethyl adjacent to an activating group) is 1. The van der Waals surface area contributed by atoms with Gasteiger partial charge in [-0.15, -0.1) is 0 Å². The number of carboxylic acids is 1. The summed E-state index contributed by atoms with van der Waals surface area (Å²) in [6.45, 7) is 4.54. The summed E-state index contributed by atoms with van der Waals surface area (Å²) >= 11 is 0. The molecule has 101 heavy (non-hydrogen) atoms. The number of unbranched alkanes of at least 4 members (excludes halogenated alkanes) is 32. The third-order valence-corrected chi connectivity index (χ3v) is 17.5. The first-order chi connectivity index (χ1) is 49.6. The van der Waals surface area contributed by atoms with Crippen LogP contribution in [0, 0.1) is 0 Å². The normalized spacial score (nSPS) is 13.6. The molecule has 0 spiro atoms. The molecule has 2 unspecified atom stereocenters. The molecule has 0 radical (unpaired) electrons. The first-order valence-corrected chi connectivity index (χ1v) is 41.3. The number of allylic oxidation sites excluding steroid dienone is 28. The van der Waals surface area contributed by atoms with Crippen LogP contribution in [-0.4, -0.2) is 82.3 Å². The predicted molar refractivity (Wildman–Crippen MR) is 435 cm³/mol. The van der Waals surface area contributed by atoms with E-state index in [1.54, 1.807) is 0 Å². The Morgan fingerprint density at radius 3 is 0.792 bits per heavy atom. The number of carboxylic acid groups (broad SMARTS) is 1. The van der Waals surface area contributed by atoms with Gasteiger partial charge in [-0.1, -0.05) is 364 Å². The molecule has 0 aliphatic carbocycles. The van der Waals surface area contributed by atoms with Crippen molar-refractivity contribution in [2.75, 3.05) is 47.5 Å². The molecular formula is C92H153NO8. The van der Waals surface area contributed by atoms with E-state index in [1.807, 2.05) is 21.1 Å². The van der Waals surface area contributed by atoms with Crippen molar-refractivity contribution in [2.45, 2.75) is 347 Å². The van der Waals surface area contributed by atoms with Gasteiger partial charge >= 0.3 is 11.9 Å². The third-order valence-electron chi connectivity index (χ3n) is 17.5. The number of quaternary nitrogens is 1. The molecule has 0 aromatic carbocycles. The van der Waals surface area contributed by atoms with Crippen LogP contribution in [0.4, 0.5) is 0 Å².